The molecule has 0 unspecified atom stereocenters. The molecule has 170 valence electrons. The van der Waals surface area contributed by atoms with Crippen LogP contribution in [-0.4, -0.2) is 25.0 Å². The van der Waals surface area contributed by atoms with Gasteiger partial charge in [0.05, 0.1) is 12.2 Å². The number of carbonyl (C=O) groups is 2. The highest BCUT2D eigenvalue weighted by molar-refractivity contribution is 6.31. The first-order valence-electron chi connectivity index (χ1n) is 10.3. The Kier molecular flexibility index (Phi) is 6.51. The average molecular weight is 469 g/mol. The molecular weight excluding hydrogens is 447 g/mol. The van der Waals surface area contributed by atoms with Crippen LogP contribution in [0.5, 0.6) is 11.5 Å². The van der Waals surface area contributed by atoms with Crippen LogP contribution in [-0.2, 0) is 16.1 Å². The Bertz CT molecular complexity index is 1210. The van der Waals surface area contributed by atoms with Crippen molar-refractivity contribution in [2.45, 2.75) is 20.4 Å². The van der Waals surface area contributed by atoms with E-state index in [2.05, 4.69) is 5.32 Å². The van der Waals surface area contributed by atoms with Gasteiger partial charge in [-0.05, 0) is 61.4 Å². The van der Waals surface area contributed by atoms with E-state index in [4.69, 9.17) is 21.1 Å². The van der Waals surface area contributed by atoms with Crippen LogP contribution >= 0.6 is 11.6 Å². The zero-order valence-electron chi connectivity index (χ0n) is 18.2. The maximum absolute atomic E-state index is 14.3. The summed E-state index contributed by atoms with van der Waals surface area (Å²) in [4.78, 5) is 26.4. The summed E-state index contributed by atoms with van der Waals surface area (Å²) in [6.07, 6.45) is 0. The molecule has 8 heteroatoms. The van der Waals surface area contributed by atoms with Crippen molar-refractivity contribution in [2.75, 3.05) is 23.4 Å². The quantitative estimate of drug-likeness (QED) is 0.550. The molecule has 1 N–H and O–H groups in total. The zero-order chi connectivity index (χ0) is 23.5. The van der Waals surface area contributed by atoms with Crippen molar-refractivity contribution >= 4 is 34.8 Å². The maximum Gasteiger partial charge on any atom is 0.265 e. The van der Waals surface area contributed by atoms with E-state index in [1.54, 1.807) is 24.3 Å². The van der Waals surface area contributed by atoms with Crippen molar-refractivity contribution in [2.24, 2.45) is 0 Å². The first kappa shape index (κ1) is 22.6. The summed E-state index contributed by atoms with van der Waals surface area (Å²) in [5.74, 6) is -0.114. The van der Waals surface area contributed by atoms with Gasteiger partial charge in [0.2, 0.25) is 0 Å². The molecule has 0 radical (unpaired) electrons. The number of carbonyl (C=O) groups excluding carboxylic acids is 2. The monoisotopic (exact) mass is 468 g/mol. The van der Waals surface area contributed by atoms with Gasteiger partial charge in [0.1, 0.15) is 17.3 Å². The third-order valence-electron chi connectivity index (χ3n) is 5.48. The Morgan fingerprint density at radius 3 is 2.76 bits per heavy atom. The van der Waals surface area contributed by atoms with Crippen LogP contribution < -0.4 is 19.7 Å². The number of amides is 2. The van der Waals surface area contributed by atoms with E-state index in [1.165, 1.54) is 17.0 Å². The summed E-state index contributed by atoms with van der Waals surface area (Å²) in [5.41, 5.74) is 3.11. The third kappa shape index (κ3) is 4.93. The van der Waals surface area contributed by atoms with Crippen LogP contribution in [0.2, 0.25) is 5.02 Å². The fourth-order valence-electron chi connectivity index (χ4n) is 3.52. The molecule has 0 aromatic heterocycles. The highest BCUT2D eigenvalue weighted by Gasteiger charge is 2.27. The van der Waals surface area contributed by atoms with Crippen LogP contribution in [0.3, 0.4) is 0 Å². The van der Waals surface area contributed by atoms with Crippen LogP contribution in [0, 0.1) is 19.7 Å². The fourth-order valence-corrected chi connectivity index (χ4v) is 3.74. The van der Waals surface area contributed by atoms with Gasteiger partial charge in [0.25, 0.3) is 11.8 Å². The van der Waals surface area contributed by atoms with Gasteiger partial charge in [-0.1, -0.05) is 29.8 Å². The lowest BCUT2D eigenvalue weighted by atomic mass is 10.1. The Morgan fingerprint density at radius 2 is 1.97 bits per heavy atom. The second kappa shape index (κ2) is 9.50. The number of hydrogen-bond donors (Lipinski definition) is 1. The van der Waals surface area contributed by atoms with Crippen molar-refractivity contribution in [3.63, 3.8) is 0 Å². The molecule has 0 spiro atoms. The second-order valence-electron chi connectivity index (χ2n) is 7.69. The van der Waals surface area contributed by atoms with Crippen molar-refractivity contribution < 1.29 is 23.5 Å². The Hall–Kier alpha value is -3.58. The minimum absolute atomic E-state index is 0.0617. The van der Waals surface area contributed by atoms with Crippen molar-refractivity contribution in [3.05, 3.63) is 82.1 Å². The number of benzene rings is 3. The highest BCUT2D eigenvalue weighted by Crippen LogP contribution is 2.36. The summed E-state index contributed by atoms with van der Waals surface area (Å²) in [7, 11) is 0. The predicted octanol–water partition coefficient (Wildman–Crippen LogP) is 5.04. The van der Waals surface area contributed by atoms with E-state index in [0.29, 0.717) is 22.9 Å². The third-order valence-corrected chi connectivity index (χ3v) is 5.83. The van der Waals surface area contributed by atoms with Gasteiger partial charge in [0, 0.05) is 16.3 Å². The Labute approximate surface area is 195 Å². The van der Waals surface area contributed by atoms with Gasteiger partial charge in [-0.3, -0.25) is 9.59 Å². The molecule has 0 fully saturated rings. The normalized spacial score (nSPS) is 12.7. The number of nitrogens with zero attached hydrogens (tertiary/aromatic N) is 1. The minimum Gasteiger partial charge on any atom is -0.483 e. The van der Waals surface area contributed by atoms with Crippen LogP contribution in [0.1, 0.15) is 16.7 Å². The minimum atomic E-state index is -0.503. The van der Waals surface area contributed by atoms with E-state index in [1.807, 2.05) is 32.0 Å². The molecule has 1 heterocycles. The number of hydrogen-bond acceptors (Lipinski definition) is 4. The molecule has 3 aromatic rings. The Morgan fingerprint density at radius 1 is 1.18 bits per heavy atom. The SMILES string of the molecule is Cc1cccc(OCC(=O)Nc2ccc3c(c2)N(Cc2c(F)cccc2Cl)C(=O)CO3)c1C. The van der Waals surface area contributed by atoms with Gasteiger partial charge in [-0.15, -0.1) is 0 Å². The van der Waals surface area contributed by atoms with E-state index in [9.17, 15) is 14.0 Å². The lowest BCUT2D eigenvalue weighted by Gasteiger charge is -2.30. The molecular formula is C25H22ClFN2O4. The van der Waals surface area contributed by atoms with Crippen LogP contribution in [0.15, 0.2) is 54.6 Å². The summed E-state index contributed by atoms with van der Waals surface area (Å²) in [6.45, 7) is 3.49. The number of nitrogens with one attached hydrogen (secondary N) is 1. The summed E-state index contributed by atoms with van der Waals surface area (Å²) < 4.78 is 25.5. The van der Waals surface area contributed by atoms with Crippen LogP contribution in [0.4, 0.5) is 15.8 Å². The first-order valence-corrected chi connectivity index (χ1v) is 10.7. The zero-order valence-corrected chi connectivity index (χ0v) is 18.9. The topological polar surface area (TPSA) is 67.9 Å². The summed E-state index contributed by atoms with van der Waals surface area (Å²) >= 11 is 6.15. The lowest BCUT2D eigenvalue weighted by molar-refractivity contribution is -0.121. The molecule has 6 nitrogen and oxygen atoms in total. The number of fused-ring (bicyclic) bond motifs is 1. The molecule has 1 aliphatic heterocycles. The molecule has 0 bridgehead atoms. The highest BCUT2D eigenvalue weighted by atomic mass is 35.5. The van der Waals surface area contributed by atoms with Crippen LogP contribution in [0.25, 0.3) is 0 Å². The Balaban J connectivity index is 1.51. The second-order valence-corrected chi connectivity index (χ2v) is 8.09. The van der Waals surface area contributed by atoms with Crippen molar-refractivity contribution in [1.82, 2.24) is 0 Å². The van der Waals surface area contributed by atoms with E-state index >= 15 is 0 Å². The summed E-state index contributed by atoms with van der Waals surface area (Å²) in [5, 5.41) is 2.99. The standard InChI is InChI=1S/C25H22ClFN2O4/c1-15-5-3-8-22(16(15)2)32-13-24(30)28-17-9-10-23-21(11-17)29(25(31)14-33-23)12-18-19(26)6-4-7-20(18)27/h3-11H,12-14H2,1-2H3,(H,28,30). The van der Waals surface area contributed by atoms with Gasteiger partial charge in [0.15, 0.2) is 13.2 Å². The largest absolute Gasteiger partial charge is 0.483 e. The van der Waals surface area contributed by atoms with Crippen molar-refractivity contribution in [3.8, 4) is 11.5 Å². The lowest BCUT2D eigenvalue weighted by Crippen LogP contribution is -2.38. The predicted molar refractivity (Wildman–Crippen MR) is 125 cm³/mol. The number of halogens is 2. The molecule has 3 aromatic carbocycles. The first-order chi connectivity index (χ1) is 15.8. The number of aryl methyl sites for hydroxylation is 1. The molecule has 0 aliphatic carbocycles. The van der Waals surface area contributed by atoms with E-state index < -0.39 is 5.82 Å². The molecule has 4 rings (SSSR count). The van der Waals surface area contributed by atoms with Gasteiger partial charge in [-0.25, -0.2) is 4.39 Å². The van der Waals surface area contributed by atoms with E-state index in [0.717, 1.165) is 11.1 Å². The average Bonchev–Trinajstić information content (AvgIpc) is 2.78. The van der Waals surface area contributed by atoms with Gasteiger partial charge in [-0.2, -0.15) is 0 Å². The fraction of sp³-hybridized carbons (Fsp3) is 0.200. The number of ether oxygens (including phenoxy) is 2. The molecule has 1 aliphatic rings. The molecule has 2 amide bonds. The molecule has 0 saturated carbocycles. The number of anilines is 2. The van der Waals surface area contributed by atoms with E-state index in [-0.39, 0.29) is 42.2 Å². The molecule has 0 atom stereocenters. The van der Waals surface area contributed by atoms with Gasteiger partial charge < -0.3 is 19.7 Å². The molecule has 33 heavy (non-hydrogen) atoms. The maximum atomic E-state index is 14.3. The number of rotatable bonds is 6. The molecule has 0 saturated heterocycles. The van der Waals surface area contributed by atoms with Gasteiger partial charge >= 0.3 is 0 Å². The van der Waals surface area contributed by atoms with Crippen molar-refractivity contribution in [1.29, 1.82) is 0 Å². The smallest absolute Gasteiger partial charge is 0.265 e. The summed E-state index contributed by atoms with van der Waals surface area (Å²) in [6, 6.07) is 14.9.